The quantitative estimate of drug-likeness (QED) is 0.421. The largest absolute Gasteiger partial charge is 0.416 e. The number of alkyl halides is 3. The van der Waals surface area contributed by atoms with Crippen molar-refractivity contribution < 1.29 is 22.7 Å². The number of rotatable bonds is 6. The predicted octanol–water partition coefficient (Wildman–Crippen LogP) is 3.64. The molecule has 2 aromatic carbocycles. The fourth-order valence-corrected chi connectivity index (χ4v) is 4.36. The first-order valence-corrected chi connectivity index (χ1v) is 11.1. The average molecular weight is 471 g/mol. The molecular weight excluding hydrogens is 447 g/mol. The third-order valence-corrected chi connectivity index (χ3v) is 6.02. The standard InChI is InChI=1S/C24H24F3N5O2/c1-31-14-20-19-12-15(23(33)29-10-11-34-18-8-9-28-13-18)2-7-21(19)32(22(20)30-31)17-5-3-16(4-6-17)24(25,26)27/h2-7,12,14,18,28H,8-11,13H2,1H3,(H,29,33). The van der Waals surface area contributed by atoms with Gasteiger partial charge in [0.1, 0.15) is 0 Å². The summed E-state index contributed by atoms with van der Waals surface area (Å²) < 4.78 is 48.2. The van der Waals surface area contributed by atoms with Crippen molar-refractivity contribution in [2.75, 3.05) is 26.2 Å². The molecule has 0 saturated carbocycles. The van der Waals surface area contributed by atoms with Crippen LogP contribution in [0.25, 0.3) is 27.6 Å². The maximum atomic E-state index is 13.0. The van der Waals surface area contributed by atoms with Gasteiger partial charge in [0.05, 0.1) is 23.8 Å². The molecule has 1 atom stereocenters. The van der Waals surface area contributed by atoms with E-state index in [0.29, 0.717) is 30.0 Å². The molecule has 1 fully saturated rings. The summed E-state index contributed by atoms with van der Waals surface area (Å²) in [6.45, 7) is 2.63. The van der Waals surface area contributed by atoms with Crippen LogP contribution in [0, 0.1) is 0 Å². The van der Waals surface area contributed by atoms with Crippen molar-refractivity contribution in [3.8, 4) is 5.69 Å². The van der Waals surface area contributed by atoms with E-state index in [2.05, 4.69) is 15.7 Å². The van der Waals surface area contributed by atoms with Gasteiger partial charge in [-0.1, -0.05) is 0 Å². The number of nitrogens with one attached hydrogen (secondary N) is 2. The Morgan fingerprint density at radius 1 is 1.21 bits per heavy atom. The number of ether oxygens (including phenoxy) is 1. The van der Waals surface area contributed by atoms with Gasteiger partial charge in [-0.2, -0.15) is 18.3 Å². The van der Waals surface area contributed by atoms with Crippen LogP contribution in [0.1, 0.15) is 22.3 Å². The third-order valence-electron chi connectivity index (χ3n) is 6.02. The van der Waals surface area contributed by atoms with Gasteiger partial charge in [-0.25, -0.2) is 0 Å². The fraction of sp³-hybridized carbons (Fsp3) is 0.333. The first kappa shape index (κ1) is 22.4. The smallest absolute Gasteiger partial charge is 0.375 e. The number of nitrogens with zero attached hydrogens (tertiary/aromatic N) is 3. The van der Waals surface area contributed by atoms with Crippen LogP contribution in [-0.4, -0.2) is 52.6 Å². The molecule has 1 aliphatic heterocycles. The summed E-state index contributed by atoms with van der Waals surface area (Å²) in [5.41, 5.74) is 1.70. The van der Waals surface area contributed by atoms with E-state index in [4.69, 9.17) is 4.74 Å². The highest BCUT2D eigenvalue weighted by Gasteiger charge is 2.30. The Labute approximate surface area is 193 Å². The molecular formula is C24H24F3N5O2. The highest BCUT2D eigenvalue weighted by molar-refractivity contribution is 6.10. The molecule has 10 heteroatoms. The summed E-state index contributed by atoms with van der Waals surface area (Å²) in [6.07, 6.45) is -1.40. The normalized spacial score (nSPS) is 16.5. The van der Waals surface area contributed by atoms with Crippen LogP contribution >= 0.6 is 0 Å². The maximum absolute atomic E-state index is 13.0. The Morgan fingerprint density at radius 2 is 2.00 bits per heavy atom. The SMILES string of the molecule is Cn1cc2c3cc(C(=O)NCCOC4CCNC4)ccc3n(-c3ccc(C(F)(F)F)cc3)c2n1. The summed E-state index contributed by atoms with van der Waals surface area (Å²) in [6, 6.07) is 10.3. The Morgan fingerprint density at radius 3 is 2.71 bits per heavy atom. The van der Waals surface area contributed by atoms with E-state index in [-0.39, 0.29) is 12.0 Å². The lowest BCUT2D eigenvalue weighted by Gasteiger charge is -2.11. The summed E-state index contributed by atoms with van der Waals surface area (Å²) in [7, 11) is 1.78. The molecule has 1 amide bonds. The molecule has 34 heavy (non-hydrogen) atoms. The van der Waals surface area contributed by atoms with Crippen LogP contribution < -0.4 is 10.6 Å². The average Bonchev–Trinajstić information content (AvgIpc) is 3.52. The van der Waals surface area contributed by atoms with Crippen LogP contribution in [0.15, 0.2) is 48.7 Å². The van der Waals surface area contributed by atoms with Crippen molar-refractivity contribution in [1.82, 2.24) is 25.0 Å². The number of hydrogen-bond acceptors (Lipinski definition) is 4. The number of aromatic nitrogens is 3. The van der Waals surface area contributed by atoms with Crippen molar-refractivity contribution in [2.24, 2.45) is 7.05 Å². The van der Waals surface area contributed by atoms with Gasteiger partial charge in [-0.15, -0.1) is 0 Å². The molecule has 1 unspecified atom stereocenters. The first-order chi connectivity index (χ1) is 16.3. The predicted molar refractivity (Wildman–Crippen MR) is 122 cm³/mol. The van der Waals surface area contributed by atoms with Gasteiger partial charge in [0.15, 0.2) is 5.65 Å². The van der Waals surface area contributed by atoms with Gasteiger partial charge in [-0.3, -0.25) is 14.0 Å². The molecule has 1 aliphatic rings. The Kier molecular flexibility index (Phi) is 5.78. The molecule has 5 rings (SSSR count). The van der Waals surface area contributed by atoms with Gasteiger partial charge >= 0.3 is 6.18 Å². The molecule has 178 valence electrons. The van der Waals surface area contributed by atoms with Crippen molar-refractivity contribution in [2.45, 2.75) is 18.7 Å². The van der Waals surface area contributed by atoms with Crippen LogP contribution in [0.3, 0.4) is 0 Å². The minimum atomic E-state index is -4.40. The molecule has 7 nitrogen and oxygen atoms in total. The third kappa shape index (κ3) is 4.26. The zero-order valence-corrected chi connectivity index (χ0v) is 18.5. The highest BCUT2D eigenvalue weighted by Crippen LogP contribution is 2.34. The minimum Gasteiger partial charge on any atom is -0.375 e. The lowest BCUT2D eigenvalue weighted by atomic mass is 10.1. The fourth-order valence-electron chi connectivity index (χ4n) is 4.36. The van der Waals surface area contributed by atoms with Crippen LogP contribution in [-0.2, 0) is 18.0 Å². The number of hydrogen-bond donors (Lipinski definition) is 2. The van der Waals surface area contributed by atoms with Crippen LogP contribution in [0.5, 0.6) is 0 Å². The van der Waals surface area contributed by atoms with Gasteiger partial charge in [0.25, 0.3) is 5.91 Å². The van der Waals surface area contributed by atoms with Crippen molar-refractivity contribution in [3.63, 3.8) is 0 Å². The van der Waals surface area contributed by atoms with Gasteiger partial charge in [-0.05, 0) is 55.4 Å². The first-order valence-electron chi connectivity index (χ1n) is 11.1. The van der Waals surface area contributed by atoms with Crippen molar-refractivity contribution >= 4 is 27.8 Å². The topological polar surface area (TPSA) is 73.1 Å². The monoisotopic (exact) mass is 471 g/mol. The second-order valence-electron chi connectivity index (χ2n) is 8.39. The number of benzene rings is 2. The van der Waals surface area contributed by atoms with E-state index in [9.17, 15) is 18.0 Å². The van der Waals surface area contributed by atoms with E-state index in [1.54, 1.807) is 34.5 Å². The van der Waals surface area contributed by atoms with E-state index in [1.165, 1.54) is 12.1 Å². The van der Waals surface area contributed by atoms with Crippen LogP contribution in [0.2, 0.25) is 0 Å². The van der Waals surface area contributed by atoms with E-state index < -0.39 is 11.7 Å². The number of carbonyl (C=O) groups excluding carboxylic acids is 1. The number of amides is 1. The molecule has 0 spiro atoms. The van der Waals surface area contributed by atoms with E-state index in [0.717, 1.165) is 47.9 Å². The van der Waals surface area contributed by atoms with Gasteiger partial charge in [0, 0.05) is 48.4 Å². The molecule has 2 aromatic heterocycles. The van der Waals surface area contributed by atoms with Gasteiger partial charge in [0.2, 0.25) is 0 Å². The summed E-state index contributed by atoms with van der Waals surface area (Å²) in [4.78, 5) is 12.7. The van der Waals surface area contributed by atoms with E-state index in [1.807, 2.05) is 6.20 Å². The Bertz CT molecular complexity index is 1330. The van der Waals surface area contributed by atoms with Gasteiger partial charge < -0.3 is 15.4 Å². The minimum absolute atomic E-state index is 0.192. The second-order valence-corrected chi connectivity index (χ2v) is 8.39. The van der Waals surface area contributed by atoms with Crippen LogP contribution in [0.4, 0.5) is 13.2 Å². The number of carbonyl (C=O) groups is 1. The highest BCUT2D eigenvalue weighted by atomic mass is 19.4. The second kappa shape index (κ2) is 8.77. The molecule has 1 saturated heterocycles. The summed E-state index contributed by atoms with van der Waals surface area (Å²) in [5, 5.41) is 12.2. The molecule has 0 aliphatic carbocycles. The Hall–Kier alpha value is -3.37. The zero-order valence-electron chi connectivity index (χ0n) is 18.5. The van der Waals surface area contributed by atoms with Crippen molar-refractivity contribution in [3.05, 3.63) is 59.8 Å². The lowest BCUT2D eigenvalue weighted by molar-refractivity contribution is -0.137. The summed E-state index contributed by atoms with van der Waals surface area (Å²) in [5.74, 6) is -0.214. The maximum Gasteiger partial charge on any atom is 0.416 e. The van der Waals surface area contributed by atoms with Crippen molar-refractivity contribution in [1.29, 1.82) is 0 Å². The lowest BCUT2D eigenvalue weighted by Crippen LogP contribution is -2.29. The Balaban J connectivity index is 1.42. The summed E-state index contributed by atoms with van der Waals surface area (Å²) >= 11 is 0. The number of fused-ring (bicyclic) bond motifs is 3. The number of halogens is 3. The van der Waals surface area contributed by atoms with E-state index >= 15 is 0 Å². The zero-order chi connectivity index (χ0) is 23.9. The molecule has 3 heterocycles. The number of aryl methyl sites for hydroxylation is 1. The molecule has 0 radical (unpaired) electrons. The molecule has 0 bridgehead atoms. The molecule has 2 N–H and O–H groups in total. The molecule has 4 aromatic rings.